The van der Waals surface area contributed by atoms with Crippen molar-refractivity contribution < 1.29 is 18.7 Å². The number of benzene rings is 2. The first kappa shape index (κ1) is 17.2. The Labute approximate surface area is 162 Å². The third kappa shape index (κ3) is 3.51. The summed E-state index contributed by atoms with van der Waals surface area (Å²) >= 11 is 13.0. The van der Waals surface area contributed by atoms with Crippen molar-refractivity contribution in [1.82, 2.24) is 10.2 Å². The van der Waals surface area contributed by atoms with E-state index in [0.717, 1.165) is 11.8 Å². The minimum atomic E-state index is -0.153. The molecule has 0 aliphatic carbocycles. The fraction of sp³-hybridized carbons (Fsp3) is 0.118. The molecule has 0 radical (unpaired) electrons. The molecule has 0 fully saturated rings. The molecule has 1 aromatic heterocycles. The molecule has 132 valence electrons. The van der Waals surface area contributed by atoms with Gasteiger partial charge in [0.05, 0.1) is 10.8 Å². The molecule has 0 saturated carbocycles. The third-order valence-corrected chi connectivity index (χ3v) is 4.95. The summed E-state index contributed by atoms with van der Waals surface area (Å²) in [6.07, 6.45) is 0. The van der Waals surface area contributed by atoms with E-state index in [1.165, 1.54) is 6.07 Å². The number of fused-ring (bicyclic) bond motifs is 1. The van der Waals surface area contributed by atoms with Crippen molar-refractivity contribution in [2.75, 3.05) is 12.5 Å². The van der Waals surface area contributed by atoms with Gasteiger partial charge in [0.1, 0.15) is 0 Å². The first-order valence-electron chi connectivity index (χ1n) is 7.45. The summed E-state index contributed by atoms with van der Waals surface area (Å²) in [4.78, 5) is 12.3. The summed E-state index contributed by atoms with van der Waals surface area (Å²) in [6, 6.07) is 10.1. The molecule has 0 atom stereocenters. The van der Waals surface area contributed by atoms with Gasteiger partial charge in [-0.3, -0.25) is 4.79 Å². The Hall–Kier alpha value is -2.22. The molecule has 0 spiro atoms. The Morgan fingerprint density at radius 1 is 1.08 bits per heavy atom. The number of ether oxygens (including phenoxy) is 2. The number of Topliss-reactive ketones (excluding diaryl/α,β-unsaturated/α-hetero) is 1. The predicted octanol–water partition coefficient (Wildman–Crippen LogP) is 4.75. The highest BCUT2D eigenvalue weighted by Crippen LogP contribution is 2.36. The highest BCUT2D eigenvalue weighted by atomic mass is 35.5. The van der Waals surface area contributed by atoms with Gasteiger partial charge in [0.2, 0.25) is 12.7 Å². The van der Waals surface area contributed by atoms with E-state index in [4.69, 9.17) is 37.1 Å². The van der Waals surface area contributed by atoms with Gasteiger partial charge in [-0.15, -0.1) is 10.2 Å². The van der Waals surface area contributed by atoms with Crippen LogP contribution in [0.3, 0.4) is 0 Å². The van der Waals surface area contributed by atoms with Crippen LogP contribution in [0.5, 0.6) is 11.5 Å². The Balaban J connectivity index is 1.44. The number of ketones is 1. The number of thioether (sulfide) groups is 1. The predicted molar refractivity (Wildman–Crippen MR) is 97.4 cm³/mol. The Bertz CT molecular complexity index is 993. The summed E-state index contributed by atoms with van der Waals surface area (Å²) in [5.41, 5.74) is 1.11. The Morgan fingerprint density at radius 2 is 1.92 bits per heavy atom. The summed E-state index contributed by atoms with van der Waals surface area (Å²) in [5.74, 6) is 1.60. The van der Waals surface area contributed by atoms with Crippen LogP contribution in [-0.2, 0) is 0 Å². The minimum Gasteiger partial charge on any atom is -0.454 e. The summed E-state index contributed by atoms with van der Waals surface area (Å²) in [5, 5.41) is 9.04. The van der Waals surface area contributed by atoms with Crippen LogP contribution in [0.15, 0.2) is 46.0 Å². The normalized spacial score (nSPS) is 12.4. The smallest absolute Gasteiger partial charge is 0.277 e. The molecule has 26 heavy (non-hydrogen) atoms. The zero-order valence-electron chi connectivity index (χ0n) is 13.1. The second-order valence-electron chi connectivity index (χ2n) is 5.28. The number of hydrogen-bond donors (Lipinski definition) is 0. The van der Waals surface area contributed by atoms with E-state index in [-0.39, 0.29) is 23.6 Å². The number of hydrogen-bond acceptors (Lipinski definition) is 7. The Kier molecular flexibility index (Phi) is 4.76. The highest BCUT2D eigenvalue weighted by molar-refractivity contribution is 7.99. The number of aromatic nitrogens is 2. The van der Waals surface area contributed by atoms with E-state index in [1.807, 2.05) is 0 Å². The second kappa shape index (κ2) is 7.19. The van der Waals surface area contributed by atoms with Gasteiger partial charge in [-0.2, -0.15) is 0 Å². The monoisotopic (exact) mass is 408 g/mol. The van der Waals surface area contributed by atoms with E-state index in [2.05, 4.69) is 10.2 Å². The fourth-order valence-corrected chi connectivity index (χ4v) is 3.50. The number of halogens is 2. The van der Waals surface area contributed by atoms with E-state index in [1.54, 1.807) is 30.3 Å². The van der Waals surface area contributed by atoms with Crippen LogP contribution in [0.25, 0.3) is 11.5 Å². The number of carbonyl (C=O) groups is 1. The van der Waals surface area contributed by atoms with E-state index in [0.29, 0.717) is 38.6 Å². The zero-order chi connectivity index (χ0) is 18.1. The summed E-state index contributed by atoms with van der Waals surface area (Å²) in [6.45, 7) is 0.194. The molecule has 2 heterocycles. The molecular weight excluding hydrogens is 399 g/mol. The SMILES string of the molecule is O=C(CSc1nnc(-c2ccc3c(c2)OCO3)o1)c1ccc(Cl)cc1Cl. The molecule has 0 amide bonds. The maximum absolute atomic E-state index is 12.3. The second-order valence-corrected chi connectivity index (χ2v) is 7.05. The van der Waals surface area contributed by atoms with Crippen LogP contribution in [-0.4, -0.2) is 28.5 Å². The van der Waals surface area contributed by atoms with Gasteiger partial charge in [0.25, 0.3) is 5.22 Å². The van der Waals surface area contributed by atoms with Gasteiger partial charge in [0.15, 0.2) is 17.3 Å². The molecule has 0 saturated heterocycles. The lowest BCUT2D eigenvalue weighted by atomic mass is 10.1. The maximum atomic E-state index is 12.3. The molecule has 9 heteroatoms. The number of rotatable bonds is 5. The summed E-state index contributed by atoms with van der Waals surface area (Å²) < 4.78 is 16.2. The van der Waals surface area contributed by atoms with Crippen molar-refractivity contribution in [1.29, 1.82) is 0 Å². The maximum Gasteiger partial charge on any atom is 0.277 e. The average Bonchev–Trinajstić information content (AvgIpc) is 3.28. The summed E-state index contributed by atoms with van der Waals surface area (Å²) in [7, 11) is 0. The molecule has 0 N–H and O–H groups in total. The Morgan fingerprint density at radius 3 is 2.77 bits per heavy atom. The van der Waals surface area contributed by atoms with Crippen LogP contribution in [0.1, 0.15) is 10.4 Å². The van der Waals surface area contributed by atoms with Gasteiger partial charge in [-0.05, 0) is 36.4 Å². The lowest BCUT2D eigenvalue weighted by Crippen LogP contribution is -2.03. The van der Waals surface area contributed by atoms with Gasteiger partial charge in [-0.1, -0.05) is 35.0 Å². The minimum absolute atomic E-state index is 0.115. The number of carbonyl (C=O) groups excluding carboxylic acids is 1. The van der Waals surface area contributed by atoms with Crippen LogP contribution >= 0.6 is 35.0 Å². The first-order valence-corrected chi connectivity index (χ1v) is 9.19. The van der Waals surface area contributed by atoms with Crippen molar-refractivity contribution in [2.45, 2.75) is 5.22 Å². The topological polar surface area (TPSA) is 74.5 Å². The molecule has 2 aromatic carbocycles. The molecule has 0 unspecified atom stereocenters. The molecule has 6 nitrogen and oxygen atoms in total. The largest absolute Gasteiger partial charge is 0.454 e. The van der Waals surface area contributed by atoms with Gasteiger partial charge >= 0.3 is 0 Å². The van der Waals surface area contributed by atoms with Gasteiger partial charge in [-0.25, -0.2) is 0 Å². The van der Waals surface area contributed by atoms with Crippen LogP contribution in [0.4, 0.5) is 0 Å². The average molecular weight is 409 g/mol. The van der Waals surface area contributed by atoms with Crippen molar-refractivity contribution in [3.63, 3.8) is 0 Å². The van der Waals surface area contributed by atoms with E-state index < -0.39 is 0 Å². The van der Waals surface area contributed by atoms with Gasteiger partial charge < -0.3 is 13.9 Å². The molecular formula is C17H10Cl2N2O4S. The standard InChI is InChI=1S/C17H10Cl2N2O4S/c18-10-2-3-11(12(19)6-10)13(22)7-26-17-21-20-16(25-17)9-1-4-14-15(5-9)24-8-23-14/h1-6H,7-8H2. The lowest BCUT2D eigenvalue weighted by molar-refractivity contribution is 0.102. The number of nitrogens with zero attached hydrogens (tertiary/aromatic N) is 2. The van der Waals surface area contributed by atoms with E-state index in [9.17, 15) is 4.79 Å². The first-order chi connectivity index (χ1) is 12.6. The molecule has 1 aliphatic heterocycles. The van der Waals surface area contributed by atoms with Crippen molar-refractivity contribution in [3.8, 4) is 23.0 Å². The molecule has 1 aliphatic rings. The zero-order valence-corrected chi connectivity index (χ0v) is 15.4. The molecule has 4 rings (SSSR count). The van der Waals surface area contributed by atoms with Crippen LogP contribution in [0.2, 0.25) is 10.0 Å². The van der Waals surface area contributed by atoms with E-state index >= 15 is 0 Å². The van der Waals surface area contributed by atoms with Crippen LogP contribution < -0.4 is 9.47 Å². The van der Waals surface area contributed by atoms with Gasteiger partial charge in [0, 0.05) is 16.1 Å². The van der Waals surface area contributed by atoms with Crippen molar-refractivity contribution >= 4 is 40.7 Å². The molecule has 0 bridgehead atoms. The third-order valence-electron chi connectivity index (χ3n) is 3.58. The fourth-order valence-electron chi connectivity index (χ4n) is 2.33. The molecule has 3 aromatic rings. The lowest BCUT2D eigenvalue weighted by Gasteiger charge is -2.02. The highest BCUT2D eigenvalue weighted by Gasteiger charge is 2.18. The quantitative estimate of drug-likeness (QED) is 0.445. The van der Waals surface area contributed by atoms with Crippen LogP contribution in [0, 0.1) is 0 Å². The van der Waals surface area contributed by atoms with Crippen molar-refractivity contribution in [2.24, 2.45) is 0 Å². The van der Waals surface area contributed by atoms with Crippen molar-refractivity contribution in [3.05, 3.63) is 52.0 Å².